The molecule has 4 aromatic carbocycles. The molecule has 0 aliphatic carbocycles. The molecule has 3 N–H and O–H groups in total. The molecule has 0 aliphatic heterocycles. The van der Waals surface area contributed by atoms with Crippen LogP contribution >= 0.6 is 11.8 Å². The first kappa shape index (κ1) is 23.0. The Kier molecular flexibility index (Phi) is 6.28. The van der Waals surface area contributed by atoms with Crippen molar-refractivity contribution in [2.75, 3.05) is 10.5 Å². The van der Waals surface area contributed by atoms with Crippen molar-refractivity contribution in [3.63, 3.8) is 0 Å². The van der Waals surface area contributed by atoms with Crippen LogP contribution in [-0.2, 0) is 10.0 Å². The molecule has 0 heterocycles. The summed E-state index contributed by atoms with van der Waals surface area (Å²) in [6, 6.07) is 19.7. The number of sulfonamides is 1. The number of aliphatic hydroxyl groups is 1. The van der Waals surface area contributed by atoms with E-state index in [2.05, 4.69) is 31.2 Å². The van der Waals surface area contributed by atoms with Gasteiger partial charge in [-0.15, -0.1) is 11.8 Å². The molecular formula is C26H25NO4S2. The maximum atomic E-state index is 13.3. The average molecular weight is 480 g/mol. The number of aliphatic hydroxyl groups excluding tert-OH is 1. The number of phenolic OH excluding ortho intramolecular Hbond substituents is 1. The van der Waals surface area contributed by atoms with Gasteiger partial charge in [0.25, 0.3) is 10.0 Å². The third-order valence-corrected chi connectivity index (χ3v) is 7.90. The molecule has 0 saturated heterocycles. The molecule has 7 heteroatoms. The first-order valence-corrected chi connectivity index (χ1v) is 12.9. The van der Waals surface area contributed by atoms with Crippen molar-refractivity contribution in [1.82, 2.24) is 0 Å². The van der Waals surface area contributed by atoms with Crippen LogP contribution in [0.2, 0.25) is 0 Å². The van der Waals surface area contributed by atoms with Gasteiger partial charge < -0.3 is 10.2 Å². The number of nitrogens with one attached hydrogen (secondary N) is 1. The van der Waals surface area contributed by atoms with E-state index in [0.29, 0.717) is 27.3 Å². The third kappa shape index (κ3) is 4.79. The minimum atomic E-state index is -3.89. The number of hydrogen-bond acceptors (Lipinski definition) is 5. The summed E-state index contributed by atoms with van der Waals surface area (Å²) in [7, 11) is -3.89. The van der Waals surface area contributed by atoms with Gasteiger partial charge in [-0.3, -0.25) is 4.72 Å². The van der Waals surface area contributed by atoms with Gasteiger partial charge >= 0.3 is 0 Å². The first-order valence-electron chi connectivity index (χ1n) is 10.5. The molecule has 0 radical (unpaired) electrons. The minimum absolute atomic E-state index is 0.0338. The normalized spacial score (nSPS) is 11.8. The molecule has 5 nitrogen and oxygen atoms in total. The van der Waals surface area contributed by atoms with Gasteiger partial charge in [0.2, 0.25) is 0 Å². The number of thioether (sulfide) groups is 1. The van der Waals surface area contributed by atoms with E-state index in [0.717, 1.165) is 10.8 Å². The van der Waals surface area contributed by atoms with Gasteiger partial charge in [0, 0.05) is 10.8 Å². The molecule has 0 bridgehead atoms. The lowest BCUT2D eigenvalue weighted by Gasteiger charge is -2.15. The summed E-state index contributed by atoms with van der Waals surface area (Å²) < 4.78 is 29.3. The molecule has 0 amide bonds. The number of hydrogen-bond donors (Lipinski definition) is 3. The van der Waals surface area contributed by atoms with Crippen LogP contribution in [0.25, 0.3) is 21.5 Å². The Morgan fingerprint density at radius 2 is 1.67 bits per heavy atom. The van der Waals surface area contributed by atoms with Crippen molar-refractivity contribution in [3.8, 4) is 5.75 Å². The predicted octanol–water partition coefficient (Wildman–Crippen LogP) is 6.79. The van der Waals surface area contributed by atoms with E-state index in [4.69, 9.17) is 0 Å². The molecular weight excluding hydrogens is 454 g/mol. The van der Waals surface area contributed by atoms with Gasteiger partial charge in [0.05, 0.1) is 27.0 Å². The monoisotopic (exact) mass is 479 g/mol. The highest BCUT2D eigenvalue weighted by Gasteiger charge is 2.19. The van der Waals surface area contributed by atoms with E-state index < -0.39 is 10.0 Å². The topological polar surface area (TPSA) is 86.6 Å². The van der Waals surface area contributed by atoms with Crippen molar-refractivity contribution < 1.29 is 18.6 Å². The Labute approximate surface area is 197 Å². The highest BCUT2D eigenvalue weighted by molar-refractivity contribution is 7.99. The second kappa shape index (κ2) is 9.00. The quantitative estimate of drug-likeness (QED) is 0.154. The summed E-state index contributed by atoms with van der Waals surface area (Å²) in [4.78, 5) is 0.601. The number of aromatic hydroxyl groups is 1. The Hall–Kier alpha value is -3.16. The lowest BCUT2D eigenvalue weighted by atomic mass is 9.99. The van der Waals surface area contributed by atoms with Gasteiger partial charge in [0.1, 0.15) is 5.75 Å². The molecule has 0 saturated carbocycles. The largest absolute Gasteiger partial charge is 0.512 e. The second-order valence-electron chi connectivity index (χ2n) is 8.20. The number of benzene rings is 4. The molecule has 170 valence electrons. The Balaban J connectivity index is 1.75. The van der Waals surface area contributed by atoms with Gasteiger partial charge in [-0.1, -0.05) is 69.0 Å². The van der Waals surface area contributed by atoms with Crippen LogP contribution in [0.4, 0.5) is 5.69 Å². The number of rotatable bonds is 7. The Bertz CT molecular complexity index is 1480. The maximum Gasteiger partial charge on any atom is 0.261 e. The maximum absolute atomic E-state index is 13.3. The predicted molar refractivity (Wildman–Crippen MR) is 137 cm³/mol. The molecule has 0 fully saturated rings. The van der Waals surface area contributed by atoms with Crippen molar-refractivity contribution in [2.45, 2.75) is 29.6 Å². The highest BCUT2D eigenvalue weighted by Crippen LogP contribution is 2.40. The molecule has 0 spiro atoms. The van der Waals surface area contributed by atoms with E-state index in [1.54, 1.807) is 42.5 Å². The van der Waals surface area contributed by atoms with Crippen molar-refractivity contribution in [3.05, 3.63) is 84.6 Å². The number of anilines is 1. The number of fused-ring (bicyclic) bond motifs is 2. The molecule has 4 rings (SSSR count). The molecule has 0 aliphatic rings. The SMILES string of the molecule is C=C(O)CSc1cc(NS(=O)(=O)c2ccc3cc(C(C)C)ccc3c2)c2ccccc2c1O. The molecule has 33 heavy (non-hydrogen) atoms. The summed E-state index contributed by atoms with van der Waals surface area (Å²) in [5, 5.41) is 23.0. The number of phenols is 1. The summed E-state index contributed by atoms with van der Waals surface area (Å²) in [6.07, 6.45) is 0. The van der Waals surface area contributed by atoms with Gasteiger partial charge in [-0.25, -0.2) is 8.42 Å². The zero-order valence-electron chi connectivity index (χ0n) is 18.4. The molecule has 0 aromatic heterocycles. The standard InChI is InChI=1S/C26H25NO4S2/c1-16(2)18-8-9-20-13-21(11-10-19(20)12-18)33(30,31)27-24-14-25(32-15-17(3)28)26(29)23-7-5-4-6-22(23)24/h4-14,16,27-29H,3,15H2,1-2H3. The fraction of sp³-hybridized carbons (Fsp3) is 0.154. The molecule has 0 unspecified atom stereocenters. The van der Waals surface area contributed by atoms with Crippen molar-refractivity contribution >= 4 is 49.0 Å². The van der Waals surface area contributed by atoms with Crippen molar-refractivity contribution in [1.29, 1.82) is 0 Å². The van der Waals surface area contributed by atoms with Crippen LogP contribution in [-0.4, -0.2) is 24.4 Å². The fourth-order valence-corrected chi connectivity index (χ4v) is 5.54. The Morgan fingerprint density at radius 3 is 2.36 bits per heavy atom. The lowest BCUT2D eigenvalue weighted by molar-refractivity contribution is 0.420. The van der Waals surface area contributed by atoms with E-state index >= 15 is 0 Å². The average Bonchev–Trinajstić information content (AvgIpc) is 2.79. The Morgan fingerprint density at radius 1 is 1.00 bits per heavy atom. The van der Waals surface area contributed by atoms with E-state index in [-0.39, 0.29) is 22.2 Å². The minimum Gasteiger partial charge on any atom is -0.512 e. The lowest BCUT2D eigenvalue weighted by Crippen LogP contribution is -2.13. The fourth-order valence-electron chi connectivity index (χ4n) is 3.66. The molecule has 4 aromatic rings. The van der Waals surface area contributed by atoms with Crippen LogP contribution in [0, 0.1) is 0 Å². The third-order valence-electron chi connectivity index (χ3n) is 5.43. The van der Waals surface area contributed by atoms with E-state index in [1.807, 2.05) is 18.2 Å². The van der Waals surface area contributed by atoms with Gasteiger partial charge in [-0.2, -0.15) is 0 Å². The first-order chi connectivity index (χ1) is 15.7. The molecule has 0 atom stereocenters. The smallest absolute Gasteiger partial charge is 0.261 e. The zero-order valence-corrected chi connectivity index (χ0v) is 20.0. The van der Waals surface area contributed by atoms with Gasteiger partial charge in [0.15, 0.2) is 0 Å². The van der Waals surface area contributed by atoms with E-state index in [1.165, 1.54) is 17.3 Å². The summed E-state index contributed by atoms with van der Waals surface area (Å²) in [5.41, 5.74) is 1.55. The van der Waals surface area contributed by atoms with Crippen LogP contribution in [0.5, 0.6) is 5.75 Å². The van der Waals surface area contributed by atoms with E-state index in [9.17, 15) is 18.6 Å². The van der Waals surface area contributed by atoms with Crippen LogP contribution in [0.3, 0.4) is 0 Å². The van der Waals surface area contributed by atoms with Crippen molar-refractivity contribution in [2.24, 2.45) is 0 Å². The van der Waals surface area contributed by atoms with Crippen LogP contribution in [0.1, 0.15) is 25.3 Å². The second-order valence-corrected chi connectivity index (χ2v) is 10.9. The summed E-state index contributed by atoms with van der Waals surface area (Å²) >= 11 is 1.18. The summed E-state index contributed by atoms with van der Waals surface area (Å²) in [5.74, 6) is 0.566. The highest BCUT2D eigenvalue weighted by atomic mass is 32.2. The van der Waals surface area contributed by atoms with Crippen LogP contribution < -0.4 is 4.72 Å². The zero-order chi connectivity index (χ0) is 23.8. The van der Waals surface area contributed by atoms with Gasteiger partial charge in [-0.05, 0) is 40.5 Å². The summed E-state index contributed by atoms with van der Waals surface area (Å²) in [6.45, 7) is 7.70. The van der Waals surface area contributed by atoms with Crippen LogP contribution in [0.15, 0.2) is 88.9 Å².